The fraction of sp³-hybridized carbons (Fsp3) is 0. The maximum Gasteiger partial charge on any atom is 0.356 e. The van der Waals surface area contributed by atoms with Gasteiger partial charge in [0.05, 0.1) is 9.23 Å². The van der Waals surface area contributed by atoms with Crippen LogP contribution in [0.1, 0.15) is 10.5 Å². The summed E-state index contributed by atoms with van der Waals surface area (Å²) in [6.45, 7) is 0. The van der Waals surface area contributed by atoms with Crippen molar-refractivity contribution in [1.82, 2.24) is 4.98 Å². The van der Waals surface area contributed by atoms with E-state index in [9.17, 15) is 4.79 Å². The highest BCUT2D eigenvalue weighted by Gasteiger charge is 2.12. The van der Waals surface area contributed by atoms with E-state index in [1.54, 1.807) is 23.5 Å². The van der Waals surface area contributed by atoms with Gasteiger partial charge in [-0.1, -0.05) is 29.4 Å². The van der Waals surface area contributed by atoms with Crippen LogP contribution < -0.4 is 0 Å². The molecule has 0 fully saturated rings. The smallest absolute Gasteiger partial charge is 0.356 e. The molecule has 16 heavy (non-hydrogen) atoms. The van der Waals surface area contributed by atoms with Gasteiger partial charge < -0.3 is 5.11 Å². The summed E-state index contributed by atoms with van der Waals surface area (Å²) in [6.07, 6.45) is 0. The van der Waals surface area contributed by atoms with Gasteiger partial charge in [-0.25, -0.2) is 9.78 Å². The van der Waals surface area contributed by atoms with Crippen molar-refractivity contribution >= 4 is 40.7 Å². The molecule has 3 nitrogen and oxygen atoms in total. The summed E-state index contributed by atoms with van der Waals surface area (Å²) in [7, 11) is 0. The van der Waals surface area contributed by atoms with Gasteiger partial charge in [-0.2, -0.15) is 0 Å². The third-order valence-electron chi connectivity index (χ3n) is 1.72. The number of aromatic carboxylic acids is 1. The minimum atomic E-state index is -1.11. The molecule has 82 valence electrons. The molecule has 0 spiro atoms. The summed E-state index contributed by atoms with van der Waals surface area (Å²) in [4.78, 5) is 14.8. The number of pyridine rings is 1. The SMILES string of the molecule is O=C(O)c1nc(Sc2cccs2)ccc1Cl. The van der Waals surface area contributed by atoms with Crippen molar-refractivity contribution < 1.29 is 9.90 Å². The molecule has 0 saturated carbocycles. The predicted molar refractivity (Wildman–Crippen MR) is 64.6 cm³/mol. The molecule has 0 unspecified atom stereocenters. The Morgan fingerprint density at radius 3 is 2.88 bits per heavy atom. The Morgan fingerprint density at radius 2 is 2.25 bits per heavy atom. The predicted octanol–water partition coefficient (Wildman–Crippen LogP) is 3.65. The molecule has 2 rings (SSSR count). The lowest BCUT2D eigenvalue weighted by molar-refractivity contribution is 0.0690. The van der Waals surface area contributed by atoms with Crippen molar-refractivity contribution in [1.29, 1.82) is 0 Å². The molecule has 0 bridgehead atoms. The standard InChI is InChI=1S/C10H6ClNO2S2/c11-6-3-4-7(12-9(6)10(13)14)16-8-2-1-5-15-8/h1-5H,(H,13,14). The molecule has 2 heterocycles. The topological polar surface area (TPSA) is 50.2 Å². The second-order valence-corrected chi connectivity index (χ2v) is 5.49. The lowest BCUT2D eigenvalue weighted by Crippen LogP contribution is -2.01. The second kappa shape index (κ2) is 4.86. The first kappa shape index (κ1) is 11.4. The van der Waals surface area contributed by atoms with Gasteiger partial charge in [0.2, 0.25) is 0 Å². The van der Waals surface area contributed by atoms with E-state index >= 15 is 0 Å². The molecular formula is C10H6ClNO2S2. The maximum absolute atomic E-state index is 10.8. The van der Waals surface area contributed by atoms with Crippen LogP contribution in [0.3, 0.4) is 0 Å². The van der Waals surface area contributed by atoms with E-state index < -0.39 is 5.97 Å². The number of carbonyl (C=O) groups is 1. The molecule has 0 aromatic carbocycles. The molecule has 6 heteroatoms. The summed E-state index contributed by atoms with van der Waals surface area (Å²) in [5.74, 6) is -1.11. The van der Waals surface area contributed by atoms with Crippen molar-refractivity contribution in [3.05, 3.63) is 40.4 Å². The van der Waals surface area contributed by atoms with Gasteiger partial charge in [-0.3, -0.25) is 0 Å². The molecule has 0 aliphatic carbocycles. The number of aromatic nitrogens is 1. The van der Waals surface area contributed by atoms with E-state index in [2.05, 4.69) is 4.98 Å². The Hall–Kier alpha value is -1.04. The number of carboxylic acid groups (broad SMARTS) is 1. The summed E-state index contributed by atoms with van der Waals surface area (Å²) in [5, 5.41) is 11.6. The zero-order chi connectivity index (χ0) is 11.5. The van der Waals surface area contributed by atoms with Gasteiger partial charge in [0.1, 0.15) is 5.03 Å². The minimum Gasteiger partial charge on any atom is -0.476 e. The third-order valence-corrected chi connectivity index (χ3v) is 4.00. The molecule has 0 aliphatic heterocycles. The van der Waals surface area contributed by atoms with Crippen LogP contribution in [-0.4, -0.2) is 16.1 Å². The summed E-state index contributed by atoms with van der Waals surface area (Å²) >= 11 is 8.72. The van der Waals surface area contributed by atoms with Crippen LogP contribution in [0.15, 0.2) is 38.9 Å². The van der Waals surface area contributed by atoms with Crippen molar-refractivity contribution in [3.63, 3.8) is 0 Å². The highest BCUT2D eigenvalue weighted by molar-refractivity contribution is 8.01. The van der Waals surface area contributed by atoms with Crippen LogP contribution >= 0.6 is 34.7 Å². The fourth-order valence-electron chi connectivity index (χ4n) is 1.06. The monoisotopic (exact) mass is 271 g/mol. The van der Waals surface area contributed by atoms with Crippen LogP contribution in [0.4, 0.5) is 0 Å². The molecular weight excluding hydrogens is 266 g/mol. The van der Waals surface area contributed by atoms with Crippen LogP contribution in [-0.2, 0) is 0 Å². The number of halogens is 1. The molecule has 0 saturated heterocycles. The lowest BCUT2D eigenvalue weighted by atomic mass is 10.3. The molecule has 0 radical (unpaired) electrons. The zero-order valence-electron chi connectivity index (χ0n) is 7.88. The Balaban J connectivity index is 2.29. The zero-order valence-corrected chi connectivity index (χ0v) is 10.3. The highest BCUT2D eigenvalue weighted by Crippen LogP contribution is 2.31. The third kappa shape index (κ3) is 2.55. The fourth-order valence-corrected chi connectivity index (χ4v) is 2.93. The average molecular weight is 272 g/mol. The average Bonchev–Trinajstić information content (AvgIpc) is 2.73. The largest absolute Gasteiger partial charge is 0.476 e. The van der Waals surface area contributed by atoms with E-state index in [1.165, 1.54) is 11.8 Å². The van der Waals surface area contributed by atoms with Crippen molar-refractivity contribution in [2.75, 3.05) is 0 Å². The van der Waals surface area contributed by atoms with E-state index in [0.29, 0.717) is 5.03 Å². The van der Waals surface area contributed by atoms with E-state index in [1.807, 2.05) is 17.5 Å². The van der Waals surface area contributed by atoms with Gasteiger partial charge in [-0.05, 0) is 23.6 Å². The number of nitrogens with zero attached hydrogens (tertiary/aromatic N) is 1. The molecule has 2 aromatic rings. The van der Waals surface area contributed by atoms with Gasteiger partial charge in [0, 0.05) is 0 Å². The Kier molecular flexibility index (Phi) is 3.48. The Morgan fingerprint density at radius 1 is 1.44 bits per heavy atom. The van der Waals surface area contributed by atoms with Gasteiger partial charge in [0.15, 0.2) is 5.69 Å². The van der Waals surface area contributed by atoms with Crippen LogP contribution in [0.5, 0.6) is 0 Å². The number of hydrogen-bond acceptors (Lipinski definition) is 4. The molecule has 0 aliphatic rings. The minimum absolute atomic E-state index is 0.108. The molecule has 2 aromatic heterocycles. The Bertz CT molecular complexity index is 514. The van der Waals surface area contributed by atoms with Crippen LogP contribution in [0.2, 0.25) is 5.02 Å². The number of hydrogen-bond donors (Lipinski definition) is 1. The lowest BCUT2D eigenvalue weighted by Gasteiger charge is -2.01. The summed E-state index contributed by atoms with van der Waals surface area (Å²) < 4.78 is 1.06. The maximum atomic E-state index is 10.8. The first-order valence-corrected chi connectivity index (χ1v) is 6.35. The second-order valence-electron chi connectivity index (χ2n) is 2.82. The normalized spacial score (nSPS) is 10.3. The van der Waals surface area contributed by atoms with E-state index in [4.69, 9.17) is 16.7 Å². The first-order chi connectivity index (χ1) is 7.66. The highest BCUT2D eigenvalue weighted by atomic mass is 35.5. The Labute approximate surface area is 105 Å². The van der Waals surface area contributed by atoms with Gasteiger partial charge in [0.25, 0.3) is 0 Å². The molecule has 1 N–H and O–H groups in total. The van der Waals surface area contributed by atoms with Crippen LogP contribution in [0.25, 0.3) is 0 Å². The van der Waals surface area contributed by atoms with E-state index in [-0.39, 0.29) is 10.7 Å². The number of carboxylic acids is 1. The van der Waals surface area contributed by atoms with Gasteiger partial charge in [-0.15, -0.1) is 11.3 Å². The quantitative estimate of drug-likeness (QED) is 0.926. The summed E-state index contributed by atoms with van der Waals surface area (Å²) in [5.41, 5.74) is -0.108. The first-order valence-electron chi connectivity index (χ1n) is 4.28. The van der Waals surface area contributed by atoms with E-state index in [0.717, 1.165) is 4.21 Å². The number of thiophene rings is 1. The molecule has 0 atom stereocenters. The summed E-state index contributed by atoms with van der Waals surface area (Å²) in [6, 6.07) is 7.14. The van der Waals surface area contributed by atoms with Crippen molar-refractivity contribution in [2.45, 2.75) is 9.24 Å². The number of rotatable bonds is 3. The molecule has 0 amide bonds. The van der Waals surface area contributed by atoms with Crippen molar-refractivity contribution in [2.24, 2.45) is 0 Å². The van der Waals surface area contributed by atoms with Crippen LogP contribution in [0, 0.1) is 0 Å². The van der Waals surface area contributed by atoms with Gasteiger partial charge >= 0.3 is 5.97 Å². The van der Waals surface area contributed by atoms with Crippen molar-refractivity contribution in [3.8, 4) is 0 Å².